The minimum Gasteiger partial charge on any atom is -0.398 e. The van der Waals surface area contributed by atoms with E-state index in [9.17, 15) is 8.42 Å². The molecule has 0 aromatic heterocycles. The third kappa shape index (κ3) is 2.55. The van der Waals surface area contributed by atoms with Crippen molar-refractivity contribution in [1.29, 1.82) is 0 Å². The van der Waals surface area contributed by atoms with Crippen LogP contribution < -0.4 is 5.73 Å². The quantitative estimate of drug-likeness (QED) is 0.834. The summed E-state index contributed by atoms with van der Waals surface area (Å²) in [6, 6.07) is 4.36. The summed E-state index contributed by atoms with van der Waals surface area (Å²) in [5, 5.41) is 0.329. The molecule has 1 aliphatic heterocycles. The monoisotopic (exact) mass is 276 g/mol. The standard InChI is InChI=1S/C10H13ClN2O3S/c11-8-3-4-9(12)10(7-8)17(14,15)13-5-1-2-6-16-13/h3-4,7H,1-2,5-6,12H2. The van der Waals surface area contributed by atoms with Gasteiger partial charge in [-0.2, -0.15) is 0 Å². The van der Waals surface area contributed by atoms with Gasteiger partial charge >= 0.3 is 0 Å². The molecule has 94 valence electrons. The first-order chi connectivity index (χ1) is 8.01. The Balaban J connectivity index is 2.40. The Morgan fingerprint density at radius 3 is 2.76 bits per heavy atom. The summed E-state index contributed by atoms with van der Waals surface area (Å²) in [5.74, 6) is 0. The number of nitrogen functional groups attached to an aromatic ring is 1. The smallest absolute Gasteiger partial charge is 0.267 e. The van der Waals surface area contributed by atoms with Crippen LogP contribution in [0.3, 0.4) is 0 Å². The van der Waals surface area contributed by atoms with Crippen LogP contribution in [0.2, 0.25) is 5.02 Å². The maximum absolute atomic E-state index is 12.2. The molecule has 2 rings (SSSR count). The van der Waals surface area contributed by atoms with E-state index in [1.54, 1.807) is 6.07 Å². The summed E-state index contributed by atoms with van der Waals surface area (Å²) in [5.41, 5.74) is 5.83. The van der Waals surface area contributed by atoms with E-state index in [1.807, 2.05) is 0 Å². The largest absolute Gasteiger partial charge is 0.398 e. The van der Waals surface area contributed by atoms with Gasteiger partial charge in [-0.1, -0.05) is 16.1 Å². The SMILES string of the molecule is Nc1ccc(Cl)cc1S(=O)(=O)N1CCCCO1. The maximum atomic E-state index is 12.2. The second kappa shape index (κ2) is 4.81. The van der Waals surface area contributed by atoms with Crippen LogP contribution in [-0.4, -0.2) is 26.0 Å². The van der Waals surface area contributed by atoms with E-state index in [-0.39, 0.29) is 10.6 Å². The Labute approximate surface area is 105 Å². The number of hydrogen-bond acceptors (Lipinski definition) is 4. The Morgan fingerprint density at radius 1 is 1.35 bits per heavy atom. The first kappa shape index (κ1) is 12.6. The van der Waals surface area contributed by atoms with Gasteiger partial charge in [0.05, 0.1) is 12.3 Å². The van der Waals surface area contributed by atoms with Crippen molar-refractivity contribution < 1.29 is 13.3 Å². The van der Waals surface area contributed by atoms with Gasteiger partial charge in [0.1, 0.15) is 4.90 Å². The minimum atomic E-state index is -3.71. The molecule has 0 aliphatic carbocycles. The number of nitrogens with zero attached hydrogens (tertiary/aromatic N) is 1. The van der Waals surface area contributed by atoms with Gasteiger partial charge < -0.3 is 5.73 Å². The van der Waals surface area contributed by atoms with Crippen LogP contribution >= 0.6 is 11.6 Å². The van der Waals surface area contributed by atoms with Gasteiger partial charge in [0.25, 0.3) is 10.0 Å². The lowest BCUT2D eigenvalue weighted by atomic mass is 10.3. The molecule has 0 bridgehead atoms. The Kier molecular flexibility index (Phi) is 3.58. The van der Waals surface area contributed by atoms with Crippen molar-refractivity contribution in [3.63, 3.8) is 0 Å². The molecule has 0 saturated carbocycles. The molecule has 1 fully saturated rings. The fourth-order valence-corrected chi connectivity index (χ4v) is 3.29. The van der Waals surface area contributed by atoms with Crippen LogP contribution in [0.15, 0.2) is 23.1 Å². The predicted molar refractivity (Wildman–Crippen MR) is 64.9 cm³/mol. The Bertz CT molecular complexity index is 512. The van der Waals surface area contributed by atoms with Crippen molar-refractivity contribution in [1.82, 2.24) is 4.47 Å². The van der Waals surface area contributed by atoms with Crippen LogP contribution in [0.25, 0.3) is 0 Å². The maximum Gasteiger partial charge on any atom is 0.267 e. The van der Waals surface area contributed by atoms with E-state index >= 15 is 0 Å². The molecule has 1 aromatic rings. The molecule has 0 radical (unpaired) electrons. The molecule has 5 nitrogen and oxygen atoms in total. The molecule has 7 heteroatoms. The number of hydrogen-bond donors (Lipinski definition) is 1. The number of rotatable bonds is 2. The predicted octanol–water partition coefficient (Wildman–Crippen LogP) is 1.64. The molecule has 1 aromatic carbocycles. The highest BCUT2D eigenvalue weighted by Crippen LogP contribution is 2.27. The Morgan fingerprint density at radius 2 is 2.12 bits per heavy atom. The summed E-state index contributed by atoms with van der Waals surface area (Å²) in [6.07, 6.45) is 1.64. The summed E-state index contributed by atoms with van der Waals surface area (Å²) < 4.78 is 25.4. The zero-order valence-electron chi connectivity index (χ0n) is 9.10. The molecule has 1 saturated heterocycles. The summed E-state index contributed by atoms with van der Waals surface area (Å²) >= 11 is 5.78. The normalized spacial score (nSPS) is 18.2. The van der Waals surface area contributed by atoms with Crippen LogP contribution in [0, 0.1) is 0 Å². The van der Waals surface area contributed by atoms with E-state index in [2.05, 4.69) is 0 Å². The minimum absolute atomic E-state index is 0.00750. The molecular weight excluding hydrogens is 264 g/mol. The fraction of sp³-hybridized carbons (Fsp3) is 0.400. The van der Waals surface area contributed by atoms with Crippen molar-refractivity contribution in [2.45, 2.75) is 17.7 Å². The van der Waals surface area contributed by atoms with Crippen molar-refractivity contribution in [2.75, 3.05) is 18.9 Å². The molecule has 1 heterocycles. The van der Waals surface area contributed by atoms with Gasteiger partial charge in [0.2, 0.25) is 0 Å². The molecule has 0 atom stereocenters. The molecule has 17 heavy (non-hydrogen) atoms. The van der Waals surface area contributed by atoms with E-state index in [0.717, 1.165) is 17.3 Å². The fourth-order valence-electron chi connectivity index (χ4n) is 1.60. The van der Waals surface area contributed by atoms with Crippen LogP contribution in [0.1, 0.15) is 12.8 Å². The van der Waals surface area contributed by atoms with Crippen LogP contribution in [0.5, 0.6) is 0 Å². The van der Waals surface area contributed by atoms with Gasteiger partial charge in [0.15, 0.2) is 0 Å². The zero-order chi connectivity index (χ0) is 12.5. The molecular formula is C10H13ClN2O3S. The van der Waals surface area contributed by atoms with Crippen molar-refractivity contribution >= 4 is 27.3 Å². The van der Waals surface area contributed by atoms with Gasteiger partial charge in [0, 0.05) is 11.6 Å². The first-order valence-electron chi connectivity index (χ1n) is 5.22. The first-order valence-corrected chi connectivity index (χ1v) is 7.04. The van der Waals surface area contributed by atoms with Crippen molar-refractivity contribution in [2.24, 2.45) is 0 Å². The number of benzene rings is 1. The zero-order valence-corrected chi connectivity index (χ0v) is 10.7. The molecule has 1 aliphatic rings. The second-order valence-electron chi connectivity index (χ2n) is 3.75. The average molecular weight is 277 g/mol. The van der Waals surface area contributed by atoms with Gasteiger partial charge in [-0.05, 0) is 31.0 Å². The van der Waals surface area contributed by atoms with Gasteiger partial charge in [-0.25, -0.2) is 8.42 Å². The van der Waals surface area contributed by atoms with E-state index in [0.29, 0.717) is 18.2 Å². The van der Waals surface area contributed by atoms with E-state index < -0.39 is 10.0 Å². The molecule has 0 spiro atoms. The van der Waals surface area contributed by atoms with Crippen molar-refractivity contribution in [3.8, 4) is 0 Å². The number of halogens is 1. The number of sulfonamides is 1. The van der Waals surface area contributed by atoms with Crippen molar-refractivity contribution in [3.05, 3.63) is 23.2 Å². The van der Waals surface area contributed by atoms with Gasteiger partial charge in [-0.15, -0.1) is 0 Å². The highest BCUT2D eigenvalue weighted by molar-refractivity contribution is 7.89. The summed E-state index contributed by atoms with van der Waals surface area (Å²) in [4.78, 5) is 5.13. The summed E-state index contributed by atoms with van der Waals surface area (Å²) in [6.45, 7) is 0.744. The third-order valence-corrected chi connectivity index (χ3v) is 4.46. The number of hydroxylamine groups is 1. The van der Waals surface area contributed by atoms with Crippen LogP contribution in [0.4, 0.5) is 5.69 Å². The number of anilines is 1. The highest BCUT2D eigenvalue weighted by Gasteiger charge is 2.29. The molecule has 0 amide bonds. The molecule has 2 N–H and O–H groups in total. The summed E-state index contributed by atoms with van der Waals surface area (Å²) in [7, 11) is -3.71. The second-order valence-corrected chi connectivity index (χ2v) is 5.99. The lowest BCUT2D eigenvalue weighted by Crippen LogP contribution is -2.36. The van der Waals surface area contributed by atoms with Crippen LogP contribution in [-0.2, 0) is 14.9 Å². The number of nitrogens with two attached hydrogens (primary N) is 1. The van der Waals surface area contributed by atoms with E-state index in [1.165, 1.54) is 12.1 Å². The lowest BCUT2D eigenvalue weighted by molar-refractivity contribution is -0.108. The third-order valence-electron chi connectivity index (χ3n) is 2.49. The van der Waals surface area contributed by atoms with Gasteiger partial charge in [-0.3, -0.25) is 4.84 Å². The van der Waals surface area contributed by atoms with E-state index in [4.69, 9.17) is 22.2 Å². The molecule has 0 unspecified atom stereocenters. The average Bonchev–Trinajstić information content (AvgIpc) is 2.33. The Hall–Kier alpha value is -0.820. The highest BCUT2D eigenvalue weighted by atomic mass is 35.5. The lowest BCUT2D eigenvalue weighted by Gasteiger charge is -2.25. The topological polar surface area (TPSA) is 72.6 Å².